The Morgan fingerprint density at radius 1 is 1.18 bits per heavy atom. The average molecular weight is 503 g/mol. The molecule has 0 spiro atoms. The van der Waals surface area contributed by atoms with Crippen LogP contribution in [-0.2, 0) is 14.8 Å². The molecule has 0 aromatic rings. The maximum atomic E-state index is 13.4. The van der Waals surface area contributed by atoms with E-state index in [-0.39, 0.29) is 18.8 Å². The van der Waals surface area contributed by atoms with E-state index in [2.05, 4.69) is 37.9 Å². The second-order valence-corrected chi connectivity index (χ2v) is 12.6. The molecule has 11 nitrogen and oxygen atoms in total. The molecule has 0 bridgehead atoms. The topological polar surface area (TPSA) is 136 Å². The Kier molecular flexibility index (Phi) is 9.22. The number of nitrogens with one attached hydrogen (secondary N) is 5. The first-order valence-corrected chi connectivity index (χ1v) is 14.5. The van der Waals surface area contributed by atoms with Gasteiger partial charge in [-0.2, -0.15) is 0 Å². The van der Waals surface area contributed by atoms with E-state index in [4.69, 9.17) is 10.5 Å². The molecule has 7 N–H and O–H groups in total. The first-order chi connectivity index (χ1) is 16.3. The fraction of sp³-hybridized carbons (Fsp3) is 1.00. The number of fused-ring (bicyclic) bond motifs is 1. The van der Waals surface area contributed by atoms with Crippen molar-refractivity contribution in [2.45, 2.75) is 68.4 Å². The molecule has 198 valence electrons. The molecule has 34 heavy (non-hydrogen) atoms. The molecule has 7 atom stereocenters. The zero-order valence-corrected chi connectivity index (χ0v) is 21.8. The van der Waals surface area contributed by atoms with Crippen molar-refractivity contribution in [2.24, 2.45) is 17.6 Å². The van der Waals surface area contributed by atoms with Gasteiger partial charge in [-0.05, 0) is 51.2 Å². The van der Waals surface area contributed by atoms with E-state index < -0.39 is 27.5 Å². The molecule has 0 aromatic heterocycles. The summed E-state index contributed by atoms with van der Waals surface area (Å²) in [5, 5.41) is 11.6. The monoisotopic (exact) mass is 502 g/mol. The summed E-state index contributed by atoms with van der Waals surface area (Å²) in [4.78, 5) is 2.62. The summed E-state index contributed by atoms with van der Waals surface area (Å²) in [7, 11) is -0.101. The summed E-state index contributed by atoms with van der Waals surface area (Å²) in [6.07, 6.45) is 4.37. The highest BCUT2D eigenvalue weighted by molar-refractivity contribution is 7.90. The van der Waals surface area contributed by atoms with Crippen LogP contribution in [0.3, 0.4) is 0 Å². The Morgan fingerprint density at radius 2 is 1.94 bits per heavy atom. The van der Waals surface area contributed by atoms with Crippen molar-refractivity contribution in [3.63, 3.8) is 0 Å². The van der Waals surface area contributed by atoms with Gasteiger partial charge >= 0.3 is 0 Å². The van der Waals surface area contributed by atoms with E-state index in [0.717, 1.165) is 38.4 Å². The Labute approximate surface area is 205 Å². The number of likely N-dealkylation sites (tertiary alicyclic amines) is 1. The Bertz CT molecular complexity index is 750. The molecule has 0 aromatic carbocycles. The lowest BCUT2D eigenvalue weighted by Crippen LogP contribution is -2.67. The quantitative estimate of drug-likeness (QED) is 0.210. The largest absolute Gasteiger partial charge is 0.365 e. The molecule has 0 saturated carbocycles. The molecule has 4 heterocycles. The Morgan fingerprint density at radius 3 is 2.65 bits per heavy atom. The summed E-state index contributed by atoms with van der Waals surface area (Å²) in [6.45, 7) is 7.59. The minimum absolute atomic E-state index is 0.0142. The van der Waals surface area contributed by atoms with Crippen LogP contribution in [0.2, 0.25) is 0 Å². The lowest BCUT2D eigenvalue weighted by molar-refractivity contribution is -0.0106. The lowest BCUT2D eigenvalue weighted by Gasteiger charge is -2.42. The summed E-state index contributed by atoms with van der Waals surface area (Å²) in [5.41, 5.74) is 9.30. The van der Waals surface area contributed by atoms with Crippen LogP contribution >= 0.6 is 0 Å². The van der Waals surface area contributed by atoms with Crippen molar-refractivity contribution < 1.29 is 13.2 Å². The highest BCUT2D eigenvalue weighted by Gasteiger charge is 2.47. The highest BCUT2D eigenvalue weighted by atomic mass is 32.2. The molecule has 4 fully saturated rings. The molecule has 0 aliphatic carbocycles. The summed E-state index contributed by atoms with van der Waals surface area (Å²) >= 11 is 0. The standard InChI is InChI=1S/C22H46N8O3S/c1-15-5-8-30(9-6-15)17-4-7-24-19(10-17)25-14-18(11-23)34(31,32)28-20-21-16(13-27-29(21)2)12-26-22(20)33-3/h15-22,24-28H,4-14,23H2,1-3H3. The number of methoxy groups -OCH3 is 1. The molecule has 4 rings (SSSR count). The van der Waals surface area contributed by atoms with Gasteiger partial charge < -0.3 is 26.0 Å². The van der Waals surface area contributed by atoms with Crippen LogP contribution in [0.15, 0.2) is 0 Å². The van der Waals surface area contributed by atoms with Gasteiger partial charge in [-0.1, -0.05) is 6.92 Å². The number of piperidine rings is 3. The highest BCUT2D eigenvalue weighted by Crippen LogP contribution is 2.26. The van der Waals surface area contributed by atoms with Gasteiger partial charge in [0.2, 0.25) is 10.0 Å². The van der Waals surface area contributed by atoms with Crippen LogP contribution in [0.25, 0.3) is 0 Å². The van der Waals surface area contributed by atoms with E-state index in [1.54, 1.807) is 7.11 Å². The van der Waals surface area contributed by atoms with Crippen LogP contribution in [0.1, 0.15) is 32.6 Å². The third kappa shape index (κ3) is 6.10. The molecule has 4 aliphatic rings. The number of nitrogens with two attached hydrogens (primary N) is 1. The number of hydrazine groups is 1. The first kappa shape index (κ1) is 26.6. The maximum Gasteiger partial charge on any atom is 0.217 e. The van der Waals surface area contributed by atoms with Crippen LogP contribution in [0.5, 0.6) is 0 Å². The molecule has 12 heteroatoms. The summed E-state index contributed by atoms with van der Waals surface area (Å²) < 4.78 is 35.4. The maximum absolute atomic E-state index is 13.4. The minimum atomic E-state index is -3.67. The number of ether oxygens (including phenoxy) is 1. The number of likely N-dealkylation sites (N-methyl/N-ethyl adjacent to an activating group) is 1. The first-order valence-electron chi connectivity index (χ1n) is 13.0. The summed E-state index contributed by atoms with van der Waals surface area (Å²) in [6, 6.07) is 0.164. The smallest absolute Gasteiger partial charge is 0.217 e. The Hall–Kier alpha value is -0.410. The number of hydrogen-bond donors (Lipinski definition) is 6. The van der Waals surface area contributed by atoms with E-state index in [1.165, 1.54) is 25.9 Å². The van der Waals surface area contributed by atoms with Crippen LogP contribution in [-0.4, -0.2) is 114 Å². The van der Waals surface area contributed by atoms with Crippen LogP contribution < -0.4 is 31.8 Å². The van der Waals surface area contributed by atoms with Crippen molar-refractivity contribution in [2.75, 3.05) is 60.0 Å². The molecule has 7 unspecified atom stereocenters. The van der Waals surface area contributed by atoms with Crippen molar-refractivity contribution >= 4 is 10.0 Å². The lowest BCUT2D eigenvalue weighted by atomic mass is 9.90. The normalized spacial score (nSPS) is 37.5. The molecule has 0 radical (unpaired) electrons. The average Bonchev–Trinajstić information content (AvgIpc) is 3.21. The van der Waals surface area contributed by atoms with E-state index in [1.807, 2.05) is 12.1 Å². The van der Waals surface area contributed by atoms with Gasteiger partial charge in [0.05, 0.1) is 12.2 Å². The van der Waals surface area contributed by atoms with E-state index in [9.17, 15) is 8.42 Å². The molecule has 0 amide bonds. The summed E-state index contributed by atoms with van der Waals surface area (Å²) in [5.74, 6) is 1.13. The fourth-order valence-electron chi connectivity index (χ4n) is 6.12. The van der Waals surface area contributed by atoms with E-state index >= 15 is 0 Å². The van der Waals surface area contributed by atoms with Gasteiger partial charge in [0.15, 0.2) is 0 Å². The third-order valence-corrected chi connectivity index (χ3v) is 10.2. The van der Waals surface area contributed by atoms with Crippen molar-refractivity contribution in [3.8, 4) is 0 Å². The van der Waals surface area contributed by atoms with Crippen LogP contribution in [0, 0.1) is 11.8 Å². The number of hydrogen-bond acceptors (Lipinski definition) is 10. The van der Waals surface area contributed by atoms with Gasteiger partial charge in [-0.15, -0.1) is 0 Å². The number of rotatable bonds is 9. The zero-order valence-electron chi connectivity index (χ0n) is 21.0. The van der Waals surface area contributed by atoms with Crippen molar-refractivity contribution in [1.29, 1.82) is 0 Å². The van der Waals surface area contributed by atoms with Crippen molar-refractivity contribution in [3.05, 3.63) is 0 Å². The van der Waals surface area contributed by atoms with Gasteiger partial charge in [-0.3, -0.25) is 10.7 Å². The number of sulfonamides is 1. The Balaban J connectivity index is 1.34. The SMILES string of the molecule is COC1NCC2CNN(C)C2C1NS(=O)(=O)C(CN)CNC1CC(N2CCC(C)CC2)CCN1. The van der Waals surface area contributed by atoms with Gasteiger partial charge in [0, 0.05) is 58.3 Å². The zero-order chi connectivity index (χ0) is 24.3. The van der Waals surface area contributed by atoms with Gasteiger partial charge in [-0.25, -0.2) is 18.1 Å². The minimum Gasteiger partial charge on any atom is -0.365 e. The van der Waals surface area contributed by atoms with Gasteiger partial charge in [0.25, 0.3) is 0 Å². The fourth-order valence-corrected chi connectivity index (χ4v) is 7.53. The van der Waals surface area contributed by atoms with Crippen LogP contribution in [0.4, 0.5) is 0 Å². The second-order valence-electron chi connectivity index (χ2n) is 10.6. The predicted molar refractivity (Wildman–Crippen MR) is 133 cm³/mol. The van der Waals surface area contributed by atoms with Crippen molar-refractivity contribution in [1.82, 2.24) is 36.0 Å². The number of nitrogens with zero attached hydrogens (tertiary/aromatic N) is 2. The van der Waals surface area contributed by atoms with Gasteiger partial charge in [0.1, 0.15) is 11.5 Å². The third-order valence-electron chi connectivity index (χ3n) is 8.37. The molecule has 4 saturated heterocycles. The molecular weight excluding hydrogens is 456 g/mol. The van der Waals surface area contributed by atoms with E-state index in [0.29, 0.717) is 18.5 Å². The second kappa shape index (κ2) is 11.8. The predicted octanol–water partition coefficient (Wildman–Crippen LogP) is -1.99. The molecule has 4 aliphatic heterocycles. The molecular formula is C22H46N8O3S.